The molecule has 0 aliphatic carbocycles. The summed E-state index contributed by atoms with van der Waals surface area (Å²) in [5, 5.41) is 12.8. The van der Waals surface area contributed by atoms with E-state index in [0.29, 0.717) is 11.3 Å². The van der Waals surface area contributed by atoms with E-state index in [9.17, 15) is 19.3 Å². The highest BCUT2D eigenvalue weighted by molar-refractivity contribution is 5.99. The first-order valence-electron chi connectivity index (χ1n) is 3.84. The van der Waals surface area contributed by atoms with Crippen LogP contribution in [0.2, 0.25) is 0 Å². The molecule has 0 aromatic heterocycles. The third-order valence-electron chi connectivity index (χ3n) is 1.99. The van der Waals surface area contributed by atoms with E-state index >= 15 is 0 Å². The zero-order chi connectivity index (χ0) is 10.3. The minimum absolute atomic E-state index is 0.0737. The highest BCUT2D eigenvalue weighted by Crippen LogP contribution is 2.29. The molecule has 0 saturated carbocycles. The number of nitro benzene ring substituents is 1. The standard InChI is InChI=1S/C8H5FN2O3/c9-5-1-4-2-8(12)10-6(4)3-7(5)11(13)14/h1,3H,2H2,(H,10,12). The summed E-state index contributed by atoms with van der Waals surface area (Å²) in [4.78, 5) is 20.4. The Labute approximate surface area is 77.7 Å². The molecule has 0 fully saturated rings. The van der Waals surface area contributed by atoms with Gasteiger partial charge in [-0.2, -0.15) is 4.39 Å². The molecule has 6 heteroatoms. The molecule has 0 unspecified atom stereocenters. The first-order valence-corrected chi connectivity index (χ1v) is 3.84. The molecule has 1 aromatic carbocycles. The quantitative estimate of drug-likeness (QED) is 0.542. The SMILES string of the molecule is O=C1Cc2cc(F)c([N+](=O)[O-])cc2N1. The van der Waals surface area contributed by atoms with Crippen molar-refractivity contribution in [1.82, 2.24) is 0 Å². The highest BCUT2D eigenvalue weighted by Gasteiger charge is 2.24. The van der Waals surface area contributed by atoms with Crippen LogP contribution in [0.25, 0.3) is 0 Å². The average molecular weight is 196 g/mol. The number of benzene rings is 1. The zero-order valence-electron chi connectivity index (χ0n) is 6.91. The molecular weight excluding hydrogens is 191 g/mol. The summed E-state index contributed by atoms with van der Waals surface area (Å²) in [6, 6.07) is 2.06. The number of hydrogen-bond acceptors (Lipinski definition) is 3. The van der Waals surface area contributed by atoms with Gasteiger partial charge in [-0.05, 0) is 11.6 Å². The Morgan fingerprint density at radius 3 is 2.86 bits per heavy atom. The van der Waals surface area contributed by atoms with Gasteiger partial charge in [-0.3, -0.25) is 14.9 Å². The van der Waals surface area contributed by atoms with Gasteiger partial charge in [0, 0.05) is 6.07 Å². The second-order valence-electron chi connectivity index (χ2n) is 2.94. The summed E-state index contributed by atoms with van der Waals surface area (Å²) in [7, 11) is 0. The molecule has 14 heavy (non-hydrogen) atoms. The van der Waals surface area contributed by atoms with E-state index in [-0.39, 0.29) is 12.3 Å². The molecule has 5 nitrogen and oxygen atoms in total. The molecule has 1 aromatic rings. The number of carbonyl (C=O) groups is 1. The van der Waals surface area contributed by atoms with Crippen LogP contribution >= 0.6 is 0 Å². The Bertz CT molecular complexity index is 444. The number of halogens is 1. The molecule has 2 rings (SSSR count). The molecule has 72 valence electrons. The van der Waals surface area contributed by atoms with Crippen molar-refractivity contribution in [2.75, 3.05) is 5.32 Å². The first-order chi connectivity index (χ1) is 6.58. The first kappa shape index (κ1) is 8.61. The maximum absolute atomic E-state index is 13.0. The molecular formula is C8H5FN2O3. The summed E-state index contributed by atoms with van der Waals surface area (Å²) in [5.74, 6) is -1.19. The van der Waals surface area contributed by atoms with Gasteiger partial charge in [-0.15, -0.1) is 0 Å². The van der Waals surface area contributed by atoms with Crippen molar-refractivity contribution in [2.24, 2.45) is 0 Å². The summed E-state index contributed by atoms with van der Waals surface area (Å²) >= 11 is 0. The van der Waals surface area contributed by atoms with Crippen LogP contribution in [-0.2, 0) is 11.2 Å². The lowest BCUT2D eigenvalue weighted by atomic mass is 10.1. The lowest BCUT2D eigenvalue weighted by Gasteiger charge is -1.98. The maximum atomic E-state index is 13.0. The van der Waals surface area contributed by atoms with Crippen molar-refractivity contribution in [2.45, 2.75) is 6.42 Å². The third kappa shape index (κ3) is 1.20. The van der Waals surface area contributed by atoms with Crippen LogP contribution in [0.15, 0.2) is 12.1 Å². The molecule has 1 aliphatic rings. The highest BCUT2D eigenvalue weighted by atomic mass is 19.1. The van der Waals surface area contributed by atoms with Crippen molar-refractivity contribution in [3.63, 3.8) is 0 Å². The number of fused-ring (bicyclic) bond motifs is 1. The van der Waals surface area contributed by atoms with Crippen molar-refractivity contribution in [3.05, 3.63) is 33.6 Å². The molecule has 0 radical (unpaired) electrons. The molecule has 0 bridgehead atoms. The normalized spacial score (nSPS) is 13.6. The number of anilines is 1. The fourth-order valence-corrected chi connectivity index (χ4v) is 1.37. The molecule has 0 saturated heterocycles. The number of nitro groups is 1. The number of carbonyl (C=O) groups excluding carboxylic acids is 1. The predicted octanol–water partition coefficient (Wildman–Crippen LogP) is 1.23. The van der Waals surface area contributed by atoms with Gasteiger partial charge < -0.3 is 5.32 Å². The lowest BCUT2D eigenvalue weighted by Crippen LogP contribution is -2.03. The molecule has 0 spiro atoms. The number of hydrogen-bond donors (Lipinski definition) is 1. The van der Waals surface area contributed by atoms with Crippen molar-refractivity contribution >= 4 is 17.3 Å². The summed E-state index contributed by atoms with van der Waals surface area (Å²) in [6.07, 6.45) is 0.0737. The third-order valence-corrected chi connectivity index (χ3v) is 1.99. The van der Waals surface area contributed by atoms with E-state index in [1.165, 1.54) is 0 Å². The average Bonchev–Trinajstić information content (AvgIpc) is 2.42. The minimum Gasteiger partial charge on any atom is -0.325 e. The van der Waals surface area contributed by atoms with Gasteiger partial charge in [0.2, 0.25) is 11.7 Å². The Morgan fingerprint density at radius 2 is 2.21 bits per heavy atom. The minimum atomic E-state index is -0.912. The van der Waals surface area contributed by atoms with Crippen LogP contribution in [0.4, 0.5) is 15.8 Å². The molecule has 0 atom stereocenters. The largest absolute Gasteiger partial charge is 0.325 e. The number of rotatable bonds is 1. The molecule has 1 N–H and O–H groups in total. The van der Waals surface area contributed by atoms with Crippen LogP contribution < -0.4 is 5.32 Å². The van der Waals surface area contributed by atoms with E-state index in [0.717, 1.165) is 12.1 Å². The summed E-state index contributed by atoms with van der Waals surface area (Å²) in [6.45, 7) is 0. The van der Waals surface area contributed by atoms with Gasteiger partial charge in [0.15, 0.2) is 0 Å². The number of nitrogens with zero attached hydrogens (tertiary/aromatic N) is 1. The van der Waals surface area contributed by atoms with Gasteiger partial charge in [-0.25, -0.2) is 0 Å². The Hall–Kier alpha value is -1.98. The van der Waals surface area contributed by atoms with E-state index in [4.69, 9.17) is 0 Å². The Balaban J connectivity index is 2.55. The second kappa shape index (κ2) is 2.76. The smallest absolute Gasteiger partial charge is 0.306 e. The van der Waals surface area contributed by atoms with Crippen LogP contribution in [0.1, 0.15) is 5.56 Å². The van der Waals surface area contributed by atoms with Crippen molar-refractivity contribution in [1.29, 1.82) is 0 Å². The summed E-state index contributed by atoms with van der Waals surface area (Å²) in [5.41, 5.74) is 0.159. The molecule has 1 aliphatic heterocycles. The topological polar surface area (TPSA) is 72.2 Å². The van der Waals surface area contributed by atoms with Crippen LogP contribution in [0.5, 0.6) is 0 Å². The van der Waals surface area contributed by atoms with E-state index in [1.807, 2.05) is 0 Å². The fourth-order valence-electron chi connectivity index (χ4n) is 1.37. The van der Waals surface area contributed by atoms with E-state index in [2.05, 4.69) is 5.32 Å². The Morgan fingerprint density at radius 1 is 1.50 bits per heavy atom. The number of nitrogens with one attached hydrogen (secondary N) is 1. The van der Waals surface area contributed by atoms with Gasteiger partial charge >= 0.3 is 5.69 Å². The monoisotopic (exact) mass is 196 g/mol. The fraction of sp³-hybridized carbons (Fsp3) is 0.125. The number of amides is 1. The Kier molecular flexibility index (Phi) is 1.70. The van der Waals surface area contributed by atoms with Crippen LogP contribution in [-0.4, -0.2) is 10.8 Å². The van der Waals surface area contributed by atoms with E-state index < -0.39 is 16.4 Å². The van der Waals surface area contributed by atoms with Crippen molar-refractivity contribution < 1.29 is 14.1 Å². The van der Waals surface area contributed by atoms with Crippen molar-refractivity contribution in [3.8, 4) is 0 Å². The zero-order valence-corrected chi connectivity index (χ0v) is 6.91. The van der Waals surface area contributed by atoms with Gasteiger partial charge in [0.25, 0.3) is 0 Å². The second-order valence-corrected chi connectivity index (χ2v) is 2.94. The summed E-state index contributed by atoms with van der Waals surface area (Å²) < 4.78 is 13.0. The van der Waals surface area contributed by atoms with Crippen LogP contribution in [0, 0.1) is 15.9 Å². The van der Waals surface area contributed by atoms with Crippen LogP contribution in [0.3, 0.4) is 0 Å². The predicted molar refractivity (Wildman–Crippen MR) is 45.4 cm³/mol. The van der Waals surface area contributed by atoms with Gasteiger partial charge in [0.1, 0.15) is 0 Å². The van der Waals surface area contributed by atoms with Gasteiger partial charge in [0.05, 0.1) is 17.0 Å². The molecule has 1 heterocycles. The van der Waals surface area contributed by atoms with E-state index in [1.54, 1.807) is 0 Å². The lowest BCUT2D eigenvalue weighted by molar-refractivity contribution is -0.387. The maximum Gasteiger partial charge on any atom is 0.306 e. The molecule has 1 amide bonds. The van der Waals surface area contributed by atoms with Gasteiger partial charge in [-0.1, -0.05) is 0 Å².